The average molecular weight is 377 g/mol. The first-order chi connectivity index (χ1) is 12.9. The second-order valence-electron chi connectivity index (χ2n) is 5.48. The highest BCUT2D eigenvalue weighted by molar-refractivity contribution is 5.93. The molecular formula is C17H14F3N5O2. The number of hydrogen-bond acceptors (Lipinski definition) is 5. The second-order valence-corrected chi connectivity index (χ2v) is 5.48. The molecule has 27 heavy (non-hydrogen) atoms. The first kappa shape index (κ1) is 18.4. The van der Waals surface area contributed by atoms with Gasteiger partial charge in [0.15, 0.2) is 6.61 Å². The number of aromatic nitrogens is 4. The molecule has 2 heterocycles. The van der Waals surface area contributed by atoms with Crippen LogP contribution >= 0.6 is 0 Å². The Morgan fingerprint density at radius 2 is 1.93 bits per heavy atom. The van der Waals surface area contributed by atoms with E-state index < -0.39 is 18.7 Å². The fraction of sp³-hybridized carbons (Fsp3) is 0.176. The molecule has 0 unspecified atom stereocenters. The van der Waals surface area contributed by atoms with E-state index in [1.54, 1.807) is 11.0 Å². The van der Waals surface area contributed by atoms with E-state index in [0.717, 1.165) is 17.4 Å². The number of pyridine rings is 1. The molecule has 7 nitrogen and oxygen atoms in total. The zero-order valence-corrected chi connectivity index (χ0v) is 13.8. The number of carbonyl (C=O) groups excluding carboxylic acids is 1. The van der Waals surface area contributed by atoms with Crippen LogP contribution in [0.4, 0.5) is 13.2 Å². The third kappa shape index (κ3) is 5.27. The van der Waals surface area contributed by atoms with E-state index in [2.05, 4.69) is 25.1 Å². The summed E-state index contributed by atoms with van der Waals surface area (Å²) >= 11 is 0. The first-order valence-electron chi connectivity index (χ1n) is 7.78. The van der Waals surface area contributed by atoms with Crippen molar-refractivity contribution >= 4 is 5.91 Å². The highest BCUT2D eigenvalue weighted by Crippen LogP contribution is 2.17. The Morgan fingerprint density at radius 1 is 1.15 bits per heavy atom. The Hall–Kier alpha value is -3.43. The van der Waals surface area contributed by atoms with E-state index >= 15 is 0 Å². The van der Waals surface area contributed by atoms with Gasteiger partial charge in [-0.25, -0.2) is 14.6 Å². The molecular weight excluding hydrogens is 363 g/mol. The molecule has 0 spiro atoms. The molecule has 0 radical (unpaired) electrons. The summed E-state index contributed by atoms with van der Waals surface area (Å²) in [7, 11) is 0. The number of halogens is 3. The number of benzene rings is 1. The fourth-order valence-electron chi connectivity index (χ4n) is 2.15. The lowest BCUT2D eigenvalue weighted by Crippen LogP contribution is -2.23. The van der Waals surface area contributed by atoms with Crippen LogP contribution in [0.15, 0.2) is 55.2 Å². The molecule has 0 bridgehead atoms. The molecule has 0 atom stereocenters. The summed E-state index contributed by atoms with van der Waals surface area (Å²) in [4.78, 5) is 19.7. The summed E-state index contributed by atoms with van der Waals surface area (Å²) < 4.78 is 42.4. The molecule has 3 aromatic rings. The van der Waals surface area contributed by atoms with Crippen molar-refractivity contribution in [3.05, 3.63) is 66.4 Å². The predicted octanol–water partition coefficient (Wildman–Crippen LogP) is 2.53. The van der Waals surface area contributed by atoms with Gasteiger partial charge in [-0.05, 0) is 23.8 Å². The topological polar surface area (TPSA) is 81.9 Å². The van der Waals surface area contributed by atoms with Gasteiger partial charge in [-0.2, -0.15) is 18.3 Å². The maximum atomic E-state index is 12.1. The molecule has 0 fully saturated rings. The molecule has 10 heteroatoms. The van der Waals surface area contributed by atoms with E-state index in [-0.39, 0.29) is 18.0 Å². The Labute approximate surface area is 151 Å². The van der Waals surface area contributed by atoms with Crippen LogP contribution in [0.5, 0.6) is 5.88 Å². The van der Waals surface area contributed by atoms with Gasteiger partial charge in [0.2, 0.25) is 5.88 Å². The second kappa shape index (κ2) is 7.85. The summed E-state index contributed by atoms with van der Waals surface area (Å²) in [5, 5.41) is 6.73. The van der Waals surface area contributed by atoms with Crippen molar-refractivity contribution in [1.29, 1.82) is 0 Å². The van der Waals surface area contributed by atoms with Crippen molar-refractivity contribution in [2.45, 2.75) is 12.7 Å². The van der Waals surface area contributed by atoms with Crippen LogP contribution in [-0.2, 0) is 6.54 Å². The van der Waals surface area contributed by atoms with Crippen LogP contribution < -0.4 is 10.1 Å². The monoisotopic (exact) mass is 377 g/mol. The van der Waals surface area contributed by atoms with E-state index in [4.69, 9.17) is 0 Å². The van der Waals surface area contributed by atoms with E-state index in [1.807, 2.05) is 24.3 Å². The number of ether oxygens (including phenoxy) is 1. The molecule has 2 aromatic heterocycles. The van der Waals surface area contributed by atoms with Gasteiger partial charge in [0.05, 0.1) is 11.3 Å². The largest absolute Gasteiger partial charge is 0.468 e. The Bertz CT molecular complexity index is 878. The maximum Gasteiger partial charge on any atom is 0.422 e. The minimum absolute atomic E-state index is 0.201. The Morgan fingerprint density at radius 3 is 2.52 bits per heavy atom. The predicted molar refractivity (Wildman–Crippen MR) is 88.3 cm³/mol. The standard InChI is InChI=1S/C17H14F3N5O2/c18-17(19,20)9-27-15-6-3-13(8-22-15)16(26)23-7-12-1-4-14(5-2-12)25-11-21-10-24-25/h1-6,8,10-11H,7,9H2,(H,23,26). The first-order valence-corrected chi connectivity index (χ1v) is 7.78. The van der Waals surface area contributed by atoms with Crippen LogP contribution in [0.25, 0.3) is 5.69 Å². The quantitative estimate of drug-likeness (QED) is 0.714. The van der Waals surface area contributed by atoms with Crippen LogP contribution in [0.3, 0.4) is 0 Å². The van der Waals surface area contributed by atoms with Gasteiger partial charge in [0.25, 0.3) is 5.91 Å². The summed E-state index contributed by atoms with van der Waals surface area (Å²) in [6.07, 6.45) is -0.274. The molecule has 0 saturated carbocycles. The lowest BCUT2D eigenvalue weighted by molar-refractivity contribution is -0.154. The van der Waals surface area contributed by atoms with Crippen molar-refractivity contribution in [1.82, 2.24) is 25.1 Å². The average Bonchev–Trinajstić information content (AvgIpc) is 3.19. The third-order valence-electron chi connectivity index (χ3n) is 3.45. The Kier molecular flexibility index (Phi) is 5.34. The van der Waals surface area contributed by atoms with E-state index in [0.29, 0.717) is 0 Å². The summed E-state index contributed by atoms with van der Waals surface area (Å²) in [5.74, 6) is -0.599. The molecule has 1 N–H and O–H groups in total. The van der Waals surface area contributed by atoms with Crippen molar-refractivity contribution in [2.24, 2.45) is 0 Å². The molecule has 1 aromatic carbocycles. The molecule has 0 aliphatic heterocycles. The fourth-order valence-corrected chi connectivity index (χ4v) is 2.15. The number of nitrogens with zero attached hydrogens (tertiary/aromatic N) is 4. The van der Waals surface area contributed by atoms with Crippen molar-refractivity contribution in [3.63, 3.8) is 0 Å². The molecule has 1 amide bonds. The minimum atomic E-state index is -4.44. The molecule has 0 saturated heterocycles. The van der Waals surface area contributed by atoms with Crippen LogP contribution in [-0.4, -0.2) is 38.4 Å². The normalized spacial score (nSPS) is 11.2. The van der Waals surface area contributed by atoms with Crippen molar-refractivity contribution in [2.75, 3.05) is 6.61 Å². The number of alkyl halides is 3. The lowest BCUT2D eigenvalue weighted by atomic mass is 10.2. The smallest absolute Gasteiger partial charge is 0.422 e. The lowest BCUT2D eigenvalue weighted by Gasteiger charge is -2.09. The van der Waals surface area contributed by atoms with Gasteiger partial charge >= 0.3 is 6.18 Å². The number of rotatable bonds is 6. The molecule has 0 aliphatic rings. The number of carbonyl (C=O) groups is 1. The number of amides is 1. The zero-order chi connectivity index (χ0) is 19.3. The Balaban J connectivity index is 1.53. The third-order valence-corrected chi connectivity index (χ3v) is 3.45. The number of hydrogen-bond donors (Lipinski definition) is 1. The van der Waals surface area contributed by atoms with Crippen LogP contribution in [0.2, 0.25) is 0 Å². The van der Waals surface area contributed by atoms with Crippen molar-refractivity contribution < 1.29 is 22.7 Å². The molecule has 0 aliphatic carbocycles. The van der Waals surface area contributed by atoms with Gasteiger partial charge in [-0.1, -0.05) is 12.1 Å². The molecule has 140 valence electrons. The van der Waals surface area contributed by atoms with Gasteiger partial charge < -0.3 is 10.1 Å². The van der Waals surface area contributed by atoms with Gasteiger partial charge in [-0.3, -0.25) is 4.79 Å². The van der Waals surface area contributed by atoms with E-state index in [1.165, 1.54) is 18.5 Å². The highest BCUT2D eigenvalue weighted by Gasteiger charge is 2.28. The van der Waals surface area contributed by atoms with Crippen molar-refractivity contribution in [3.8, 4) is 11.6 Å². The summed E-state index contributed by atoms with van der Waals surface area (Å²) in [5.41, 5.74) is 1.92. The minimum Gasteiger partial charge on any atom is -0.468 e. The van der Waals surface area contributed by atoms with Crippen LogP contribution in [0, 0.1) is 0 Å². The number of nitrogens with one attached hydrogen (secondary N) is 1. The highest BCUT2D eigenvalue weighted by atomic mass is 19.4. The zero-order valence-electron chi connectivity index (χ0n) is 13.8. The molecule has 3 rings (SSSR count). The van der Waals surface area contributed by atoms with Gasteiger partial charge in [-0.15, -0.1) is 0 Å². The van der Waals surface area contributed by atoms with Gasteiger partial charge in [0, 0.05) is 18.8 Å². The summed E-state index contributed by atoms with van der Waals surface area (Å²) in [6, 6.07) is 9.91. The van der Waals surface area contributed by atoms with Crippen LogP contribution in [0.1, 0.15) is 15.9 Å². The van der Waals surface area contributed by atoms with E-state index in [9.17, 15) is 18.0 Å². The van der Waals surface area contributed by atoms with Gasteiger partial charge in [0.1, 0.15) is 12.7 Å². The maximum absolute atomic E-state index is 12.1. The SMILES string of the molecule is O=C(NCc1ccc(-n2cncn2)cc1)c1ccc(OCC(F)(F)F)nc1. The summed E-state index contributed by atoms with van der Waals surface area (Å²) in [6.45, 7) is -1.15.